The lowest BCUT2D eigenvalue weighted by molar-refractivity contribution is -0.149. The molecule has 1 atom stereocenters. The Balaban J connectivity index is 3.19. The number of phenolic OH excluding ortho intramolecular Hbond substituents is 2. The lowest BCUT2D eigenvalue weighted by Crippen LogP contribution is -2.28. The van der Waals surface area contributed by atoms with Gasteiger partial charge in [-0.25, -0.2) is 0 Å². The highest BCUT2D eigenvalue weighted by Crippen LogP contribution is 2.39. The maximum Gasteiger partial charge on any atom is 0.407 e. The van der Waals surface area contributed by atoms with Crippen LogP contribution in [0.5, 0.6) is 11.5 Å². The van der Waals surface area contributed by atoms with Crippen molar-refractivity contribution in [3.8, 4) is 11.5 Å². The van der Waals surface area contributed by atoms with Crippen LogP contribution in [-0.4, -0.2) is 16.4 Å². The van der Waals surface area contributed by atoms with Gasteiger partial charge in [0.1, 0.15) is 17.5 Å². The molecule has 1 aromatic rings. The lowest BCUT2D eigenvalue weighted by Gasteiger charge is -2.17. The first kappa shape index (κ1) is 10.6. The van der Waals surface area contributed by atoms with Crippen molar-refractivity contribution in [2.75, 3.05) is 0 Å². The summed E-state index contributed by atoms with van der Waals surface area (Å²) in [5, 5.41) is 18.2. The number of rotatable bonds is 1. The summed E-state index contributed by atoms with van der Waals surface area (Å²) >= 11 is 0. The van der Waals surface area contributed by atoms with E-state index in [2.05, 4.69) is 0 Å². The van der Waals surface area contributed by atoms with Gasteiger partial charge < -0.3 is 15.9 Å². The molecule has 1 aromatic carbocycles. The Kier molecular flexibility index (Phi) is 2.57. The highest BCUT2D eigenvalue weighted by Gasteiger charge is 2.40. The van der Waals surface area contributed by atoms with Crippen LogP contribution in [0.15, 0.2) is 18.2 Å². The molecular formula is C8H8F3NO2. The van der Waals surface area contributed by atoms with Gasteiger partial charge in [-0.3, -0.25) is 0 Å². The van der Waals surface area contributed by atoms with Crippen LogP contribution in [0.3, 0.4) is 0 Å². The fourth-order valence-electron chi connectivity index (χ4n) is 1.02. The zero-order chi connectivity index (χ0) is 10.9. The van der Waals surface area contributed by atoms with Gasteiger partial charge in [-0.1, -0.05) is 6.07 Å². The highest BCUT2D eigenvalue weighted by atomic mass is 19.4. The van der Waals surface area contributed by atoms with Crippen molar-refractivity contribution < 1.29 is 23.4 Å². The van der Waals surface area contributed by atoms with Gasteiger partial charge in [0.25, 0.3) is 0 Å². The number of halogens is 3. The van der Waals surface area contributed by atoms with E-state index in [-0.39, 0.29) is 0 Å². The van der Waals surface area contributed by atoms with Gasteiger partial charge in [-0.2, -0.15) is 13.2 Å². The summed E-state index contributed by atoms with van der Waals surface area (Å²) in [6.07, 6.45) is -4.70. The molecule has 14 heavy (non-hydrogen) atoms. The molecular weight excluding hydrogens is 199 g/mol. The standard InChI is InChI=1S/C8H8F3NO2/c9-8(10,11)7(12)6-4(13)2-1-3-5(6)14/h1-3,7,13-14H,12H2/t7-/m0/s1. The van der Waals surface area contributed by atoms with Crippen molar-refractivity contribution in [1.82, 2.24) is 0 Å². The molecule has 78 valence electrons. The van der Waals surface area contributed by atoms with Gasteiger partial charge in [0.15, 0.2) is 0 Å². The predicted octanol–water partition coefficient (Wildman–Crippen LogP) is 1.66. The molecule has 0 saturated carbocycles. The SMILES string of the molecule is N[C@@H](c1c(O)cccc1O)C(F)(F)F. The number of hydrogen-bond acceptors (Lipinski definition) is 3. The summed E-state index contributed by atoms with van der Waals surface area (Å²) in [4.78, 5) is 0. The maximum absolute atomic E-state index is 12.1. The monoisotopic (exact) mass is 207 g/mol. The van der Waals surface area contributed by atoms with E-state index in [1.165, 1.54) is 6.07 Å². The molecule has 6 heteroatoms. The fourth-order valence-corrected chi connectivity index (χ4v) is 1.02. The first-order valence-corrected chi connectivity index (χ1v) is 3.67. The Morgan fingerprint density at radius 2 is 1.57 bits per heavy atom. The van der Waals surface area contributed by atoms with E-state index in [1.54, 1.807) is 0 Å². The first-order chi connectivity index (χ1) is 6.34. The Labute approximate surface area is 77.6 Å². The van der Waals surface area contributed by atoms with E-state index in [1.807, 2.05) is 0 Å². The molecule has 0 aliphatic heterocycles. The number of benzene rings is 1. The van der Waals surface area contributed by atoms with Gasteiger partial charge in [0, 0.05) is 0 Å². The number of phenols is 2. The predicted molar refractivity (Wildman–Crippen MR) is 42.8 cm³/mol. The van der Waals surface area contributed by atoms with Crippen LogP contribution < -0.4 is 5.73 Å². The van der Waals surface area contributed by atoms with Crippen molar-refractivity contribution >= 4 is 0 Å². The van der Waals surface area contributed by atoms with Crippen molar-refractivity contribution in [1.29, 1.82) is 0 Å². The molecule has 3 nitrogen and oxygen atoms in total. The molecule has 0 aliphatic rings. The maximum atomic E-state index is 12.1. The highest BCUT2D eigenvalue weighted by molar-refractivity contribution is 5.45. The zero-order valence-corrected chi connectivity index (χ0v) is 6.92. The summed E-state index contributed by atoms with van der Waals surface area (Å²) in [6, 6.07) is 0.891. The Morgan fingerprint density at radius 3 is 1.93 bits per heavy atom. The number of aromatic hydroxyl groups is 2. The van der Waals surface area contributed by atoms with E-state index in [9.17, 15) is 13.2 Å². The second kappa shape index (κ2) is 3.38. The second-order valence-electron chi connectivity index (χ2n) is 2.73. The van der Waals surface area contributed by atoms with Gasteiger partial charge in [0.05, 0.1) is 5.56 Å². The second-order valence-corrected chi connectivity index (χ2v) is 2.73. The molecule has 0 spiro atoms. The van der Waals surface area contributed by atoms with E-state index in [0.717, 1.165) is 12.1 Å². The molecule has 0 unspecified atom stereocenters. The average molecular weight is 207 g/mol. The van der Waals surface area contributed by atoms with Crippen LogP contribution in [0, 0.1) is 0 Å². The summed E-state index contributed by atoms with van der Waals surface area (Å²) < 4.78 is 36.4. The van der Waals surface area contributed by atoms with Gasteiger partial charge in [0.2, 0.25) is 0 Å². The third-order valence-corrected chi connectivity index (χ3v) is 1.72. The van der Waals surface area contributed by atoms with Gasteiger partial charge in [-0.15, -0.1) is 0 Å². The fraction of sp³-hybridized carbons (Fsp3) is 0.250. The molecule has 0 heterocycles. The third-order valence-electron chi connectivity index (χ3n) is 1.72. The third kappa shape index (κ3) is 1.90. The zero-order valence-electron chi connectivity index (χ0n) is 6.92. The molecule has 0 aromatic heterocycles. The molecule has 0 saturated heterocycles. The molecule has 0 radical (unpaired) electrons. The van der Waals surface area contributed by atoms with Gasteiger partial charge >= 0.3 is 6.18 Å². The van der Waals surface area contributed by atoms with E-state index in [4.69, 9.17) is 15.9 Å². The van der Waals surface area contributed by atoms with Crippen LogP contribution in [-0.2, 0) is 0 Å². The van der Waals surface area contributed by atoms with E-state index < -0.39 is 29.3 Å². The van der Waals surface area contributed by atoms with Crippen LogP contribution in [0.2, 0.25) is 0 Å². The molecule has 0 fully saturated rings. The van der Waals surface area contributed by atoms with Crippen LogP contribution in [0.1, 0.15) is 11.6 Å². The summed E-state index contributed by atoms with van der Waals surface area (Å²) in [6.45, 7) is 0. The van der Waals surface area contributed by atoms with Crippen LogP contribution in [0.25, 0.3) is 0 Å². The largest absolute Gasteiger partial charge is 0.507 e. The minimum Gasteiger partial charge on any atom is -0.507 e. The number of nitrogens with two attached hydrogens (primary N) is 1. The normalized spacial score (nSPS) is 14.0. The molecule has 4 N–H and O–H groups in total. The average Bonchev–Trinajstić information content (AvgIpc) is 2.01. The number of hydrogen-bond donors (Lipinski definition) is 3. The smallest absolute Gasteiger partial charge is 0.407 e. The summed E-state index contributed by atoms with van der Waals surface area (Å²) in [5.74, 6) is -1.34. The molecule has 0 aliphatic carbocycles. The lowest BCUT2D eigenvalue weighted by atomic mass is 10.1. The van der Waals surface area contributed by atoms with Crippen molar-refractivity contribution in [3.63, 3.8) is 0 Å². The molecule has 0 amide bonds. The minimum atomic E-state index is -4.70. The van der Waals surface area contributed by atoms with Crippen molar-refractivity contribution in [2.24, 2.45) is 5.73 Å². The van der Waals surface area contributed by atoms with E-state index >= 15 is 0 Å². The van der Waals surface area contributed by atoms with Crippen molar-refractivity contribution in [2.45, 2.75) is 12.2 Å². The van der Waals surface area contributed by atoms with E-state index in [0.29, 0.717) is 0 Å². The Hall–Kier alpha value is -1.43. The van der Waals surface area contributed by atoms with Gasteiger partial charge in [-0.05, 0) is 12.1 Å². The number of alkyl halides is 3. The molecule has 1 rings (SSSR count). The Bertz CT molecular complexity index is 318. The summed E-state index contributed by atoms with van der Waals surface area (Å²) in [7, 11) is 0. The Morgan fingerprint density at radius 1 is 1.14 bits per heavy atom. The summed E-state index contributed by atoms with van der Waals surface area (Å²) in [5.41, 5.74) is 4.12. The minimum absolute atomic E-state index is 0.671. The first-order valence-electron chi connectivity index (χ1n) is 3.67. The van der Waals surface area contributed by atoms with Crippen molar-refractivity contribution in [3.05, 3.63) is 23.8 Å². The van der Waals surface area contributed by atoms with Crippen LogP contribution in [0.4, 0.5) is 13.2 Å². The molecule has 0 bridgehead atoms. The van der Waals surface area contributed by atoms with Crippen LogP contribution >= 0.6 is 0 Å². The topological polar surface area (TPSA) is 66.5 Å². The quantitative estimate of drug-likeness (QED) is 0.656.